The molecule has 1 aromatic rings. The number of carbonyl (C=O) groups excluding carboxylic acids is 1. The third kappa shape index (κ3) is 3.15. The Labute approximate surface area is 125 Å². The molecule has 2 nitrogen and oxygen atoms in total. The second-order valence-corrected chi connectivity index (χ2v) is 5.72. The topological polar surface area (TPSA) is 26.3 Å². The molecule has 0 bridgehead atoms. The van der Waals surface area contributed by atoms with Gasteiger partial charge in [-0.25, -0.2) is 17.6 Å². The third-order valence-corrected chi connectivity index (χ3v) is 3.62. The first-order valence-corrected chi connectivity index (χ1v) is 6.87. The highest BCUT2D eigenvalue weighted by Crippen LogP contribution is 2.41. The van der Waals surface area contributed by atoms with Crippen molar-refractivity contribution in [2.45, 2.75) is 33.8 Å². The van der Waals surface area contributed by atoms with Crippen LogP contribution in [0.4, 0.5) is 17.6 Å². The summed E-state index contributed by atoms with van der Waals surface area (Å²) in [6, 6.07) is 0. The van der Waals surface area contributed by atoms with Crippen molar-refractivity contribution in [3.8, 4) is 0 Å². The molecule has 0 spiro atoms. The monoisotopic (exact) mass is 316 g/mol. The summed E-state index contributed by atoms with van der Waals surface area (Å²) in [4.78, 5) is 11.7. The smallest absolute Gasteiger partial charge is 0.309 e. The van der Waals surface area contributed by atoms with E-state index in [2.05, 4.69) is 0 Å². The van der Waals surface area contributed by atoms with Crippen LogP contribution in [0.15, 0.2) is 11.6 Å². The minimum Gasteiger partial charge on any atom is -0.460 e. The number of hydrogen-bond acceptors (Lipinski definition) is 2. The van der Waals surface area contributed by atoms with E-state index < -0.39 is 47.0 Å². The molecule has 0 radical (unpaired) electrons. The van der Waals surface area contributed by atoms with Gasteiger partial charge < -0.3 is 4.74 Å². The number of rotatable bonds is 4. The predicted molar refractivity (Wildman–Crippen MR) is 71.8 cm³/mol. The molecule has 22 heavy (non-hydrogen) atoms. The second-order valence-electron chi connectivity index (χ2n) is 5.72. The highest BCUT2D eigenvalue weighted by molar-refractivity contribution is 5.76. The van der Waals surface area contributed by atoms with Crippen molar-refractivity contribution in [3.63, 3.8) is 0 Å². The van der Waals surface area contributed by atoms with Crippen molar-refractivity contribution in [1.29, 1.82) is 0 Å². The van der Waals surface area contributed by atoms with E-state index in [1.165, 1.54) is 0 Å². The fourth-order valence-electron chi connectivity index (χ4n) is 2.26. The van der Waals surface area contributed by atoms with E-state index in [9.17, 15) is 22.4 Å². The van der Waals surface area contributed by atoms with Gasteiger partial charge in [-0.3, -0.25) is 4.79 Å². The number of carbonyl (C=O) groups is 1. The average molecular weight is 316 g/mol. The van der Waals surface area contributed by atoms with Crippen LogP contribution in [0.5, 0.6) is 0 Å². The van der Waals surface area contributed by atoms with E-state index in [0.29, 0.717) is 6.42 Å². The lowest BCUT2D eigenvalue weighted by Crippen LogP contribution is -2.12. The summed E-state index contributed by atoms with van der Waals surface area (Å²) in [5.74, 6) is -6.93. The highest BCUT2D eigenvalue weighted by atomic mass is 19.2. The molecule has 2 atom stereocenters. The predicted octanol–water partition coefficient (Wildman–Crippen LogP) is 4.20. The maximum atomic E-state index is 13.6. The maximum Gasteiger partial charge on any atom is 0.309 e. The molecule has 2 rings (SSSR count). The van der Waals surface area contributed by atoms with Crippen molar-refractivity contribution in [1.82, 2.24) is 0 Å². The van der Waals surface area contributed by atoms with Crippen LogP contribution < -0.4 is 0 Å². The molecule has 1 aliphatic carbocycles. The van der Waals surface area contributed by atoms with Crippen LogP contribution in [0.25, 0.3) is 0 Å². The molecule has 1 aromatic carbocycles. The normalized spacial score (nSPS) is 19.8. The van der Waals surface area contributed by atoms with Gasteiger partial charge in [-0.05, 0) is 33.1 Å². The molecule has 1 saturated carbocycles. The van der Waals surface area contributed by atoms with Gasteiger partial charge in [-0.2, -0.15) is 0 Å². The summed E-state index contributed by atoms with van der Waals surface area (Å²) in [6.45, 7) is 3.89. The third-order valence-electron chi connectivity index (χ3n) is 3.62. The zero-order valence-corrected chi connectivity index (χ0v) is 12.5. The fraction of sp³-hybridized carbons (Fsp3) is 0.438. The first kappa shape index (κ1) is 16.5. The Bertz CT molecular complexity index is 619. The molecule has 2 unspecified atom stereocenters. The summed E-state index contributed by atoms with van der Waals surface area (Å²) in [7, 11) is 0. The van der Waals surface area contributed by atoms with E-state index in [0.717, 1.165) is 12.5 Å². The number of hydrogen-bond donors (Lipinski definition) is 0. The van der Waals surface area contributed by atoms with Crippen molar-refractivity contribution in [3.05, 3.63) is 46.0 Å². The summed E-state index contributed by atoms with van der Waals surface area (Å²) >= 11 is 0. The Morgan fingerprint density at radius 1 is 1.14 bits per heavy atom. The van der Waals surface area contributed by atoms with Crippen molar-refractivity contribution in [2.24, 2.45) is 11.8 Å². The van der Waals surface area contributed by atoms with Gasteiger partial charge in [0.1, 0.15) is 6.61 Å². The van der Waals surface area contributed by atoms with Gasteiger partial charge in [0.2, 0.25) is 0 Å². The van der Waals surface area contributed by atoms with Crippen molar-refractivity contribution in [2.75, 3.05) is 0 Å². The van der Waals surface area contributed by atoms with Crippen LogP contribution in [0.2, 0.25) is 0 Å². The minimum absolute atomic E-state index is 0.0543. The molecule has 0 aromatic heterocycles. The summed E-state index contributed by atoms with van der Waals surface area (Å²) in [5.41, 5.74) is -0.593. The molecule has 120 valence electrons. The summed E-state index contributed by atoms with van der Waals surface area (Å²) in [5, 5.41) is 0. The first-order valence-electron chi connectivity index (χ1n) is 6.87. The lowest BCUT2D eigenvalue weighted by Gasteiger charge is -2.10. The zero-order chi connectivity index (χ0) is 16.6. The van der Waals surface area contributed by atoms with E-state index in [4.69, 9.17) is 4.74 Å². The second kappa shape index (κ2) is 6.10. The Morgan fingerprint density at radius 2 is 1.68 bits per heavy atom. The molecule has 1 fully saturated rings. The molecule has 6 heteroatoms. The summed E-state index contributed by atoms with van der Waals surface area (Å²) in [6.07, 6.45) is 2.52. The Balaban J connectivity index is 2.07. The van der Waals surface area contributed by atoms with E-state index in [1.54, 1.807) is 0 Å². The standard InChI is InChI=1S/C16H16F4O2/c1-7(2)4-9-5-10(9)16(21)22-6-11-14(19)12(17)8(3)13(18)15(11)20/h4,9-10H,5-6H2,1-3H3. The Kier molecular flexibility index (Phi) is 4.58. The number of allylic oxidation sites excluding steroid dienone is 2. The molecule has 0 heterocycles. The fourth-order valence-corrected chi connectivity index (χ4v) is 2.26. The van der Waals surface area contributed by atoms with E-state index in [1.807, 2.05) is 19.9 Å². The lowest BCUT2D eigenvalue weighted by atomic mass is 10.1. The van der Waals surface area contributed by atoms with Crippen molar-refractivity contribution < 1.29 is 27.1 Å². The number of esters is 1. The molecule has 0 N–H and O–H groups in total. The lowest BCUT2D eigenvalue weighted by molar-refractivity contribution is -0.146. The molecular weight excluding hydrogens is 300 g/mol. The SMILES string of the molecule is CC(C)=CC1CC1C(=O)OCc1c(F)c(F)c(C)c(F)c1F. The van der Waals surface area contributed by atoms with Crippen LogP contribution in [0.1, 0.15) is 31.4 Å². The van der Waals surface area contributed by atoms with Crippen molar-refractivity contribution >= 4 is 5.97 Å². The van der Waals surface area contributed by atoms with E-state index in [-0.39, 0.29) is 11.8 Å². The molecule has 0 saturated heterocycles. The molecule has 1 aliphatic rings. The Hall–Kier alpha value is -1.85. The first-order chi connectivity index (χ1) is 10.2. The van der Waals surface area contributed by atoms with Gasteiger partial charge in [0, 0.05) is 5.56 Å². The van der Waals surface area contributed by atoms with Crippen LogP contribution in [-0.2, 0) is 16.1 Å². The molecular formula is C16H16F4O2. The van der Waals surface area contributed by atoms with Gasteiger partial charge in [0.25, 0.3) is 0 Å². The van der Waals surface area contributed by atoms with Gasteiger partial charge in [-0.1, -0.05) is 11.6 Å². The van der Waals surface area contributed by atoms with Crippen LogP contribution in [0, 0.1) is 42.0 Å². The van der Waals surface area contributed by atoms with Gasteiger partial charge >= 0.3 is 5.97 Å². The number of ether oxygens (including phenoxy) is 1. The maximum absolute atomic E-state index is 13.6. The minimum atomic E-state index is -1.53. The van der Waals surface area contributed by atoms with Crippen LogP contribution in [-0.4, -0.2) is 5.97 Å². The van der Waals surface area contributed by atoms with Gasteiger partial charge in [0.05, 0.1) is 11.5 Å². The van der Waals surface area contributed by atoms with Gasteiger partial charge in [-0.15, -0.1) is 0 Å². The molecule has 0 amide bonds. The van der Waals surface area contributed by atoms with Gasteiger partial charge in [0.15, 0.2) is 23.3 Å². The quantitative estimate of drug-likeness (QED) is 0.360. The highest BCUT2D eigenvalue weighted by Gasteiger charge is 2.42. The van der Waals surface area contributed by atoms with Crippen LogP contribution in [0.3, 0.4) is 0 Å². The summed E-state index contributed by atoms with van der Waals surface area (Å²) < 4.78 is 58.9. The van der Waals surface area contributed by atoms with E-state index >= 15 is 0 Å². The number of halogens is 4. The zero-order valence-electron chi connectivity index (χ0n) is 12.5. The number of benzene rings is 1. The average Bonchev–Trinajstić information content (AvgIpc) is 3.21. The Morgan fingerprint density at radius 3 is 2.18 bits per heavy atom. The largest absolute Gasteiger partial charge is 0.460 e. The molecule has 0 aliphatic heterocycles. The van der Waals surface area contributed by atoms with Crippen LogP contribution >= 0.6 is 0 Å².